The molecule has 0 aliphatic heterocycles. The molecule has 4 fully saturated rings. The van der Waals surface area contributed by atoms with Crippen LogP contribution in [-0.2, 0) is 9.53 Å². The minimum absolute atomic E-state index is 0.131. The van der Waals surface area contributed by atoms with E-state index in [1.165, 1.54) is 32.1 Å². The predicted molar refractivity (Wildman–Crippen MR) is 63.6 cm³/mol. The van der Waals surface area contributed by atoms with Crippen LogP contribution in [-0.4, -0.2) is 24.3 Å². The molecule has 4 saturated carbocycles. The molecule has 1 atom stereocenters. The third kappa shape index (κ3) is 1.48. The van der Waals surface area contributed by atoms with Crippen LogP contribution in [0.3, 0.4) is 0 Å². The summed E-state index contributed by atoms with van der Waals surface area (Å²) in [4.78, 5) is 11.4. The Balaban J connectivity index is 1.93. The highest BCUT2D eigenvalue weighted by Gasteiger charge is 2.59. The van der Waals surface area contributed by atoms with Gasteiger partial charge in [-0.2, -0.15) is 0 Å². The molecule has 1 unspecified atom stereocenters. The Morgan fingerprint density at radius 1 is 1.18 bits per heavy atom. The molecule has 0 aromatic rings. The van der Waals surface area contributed by atoms with Crippen LogP contribution in [0.5, 0.6) is 0 Å². The van der Waals surface area contributed by atoms with E-state index in [0.717, 1.165) is 11.8 Å². The summed E-state index contributed by atoms with van der Waals surface area (Å²) in [6, 6.07) is 0. The topological polar surface area (TPSA) is 46.5 Å². The molecule has 0 heterocycles. The van der Waals surface area contributed by atoms with Crippen LogP contribution < -0.4 is 0 Å². The maximum atomic E-state index is 11.4. The summed E-state index contributed by atoms with van der Waals surface area (Å²) < 4.78 is 5.34. The number of carbonyl (C=O) groups is 1. The van der Waals surface area contributed by atoms with Gasteiger partial charge in [-0.25, -0.2) is 4.79 Å². The fourth-order valence-electron chi connectivity index (χ4n) is 5.25. The van der Waals surface area contributed by atoms with E-state index < -0.39 is 12.1 Å². The minimum Gasteiger partial charge on any atom is -0.479 e. The van der Waals surface area contributed by atoms with Gasteiger partial charge in [0.25, 0.3) is 0 Å². The van der Waals surface area contributed by atoms with E-state index in [9.17, 15) is 9.90 Å². The molecule has 3 heteroatoms. The van der Waals surface area contributed by atoms with Gasteiger partial charge in [-0.15, -0.1) is 0 Å². The smallest absolute Gasteiger partial charge is 0.333 e. The maximum Gasteiger partial charge on any atom is 0.333 e. The van der Waals surface area contributed by atoms with Gasteiger partial charge in [0.2, 0.25) is 0 Å². The average Bonchev–Trinajstić information content (AvgIpc) is 2.25. The van der Waals surface area contributed by atoms with Crippen molar-refractivity contribution in [3.05, 3.63) is 0 Å². The Kier molecular flexibility index (Phi) is 2.51. The fourth-order valence-corrected chi connectivity index (χ4v) is 5.25. The molecule has 4 bridgehead atoms. The maximum absolute atomic E-state index is 11.4. The van der Waals surface area contributed by atoms with E-state index in [4.69, 9.17) is 4.74 Å². The SMILES string of the molecule is COC(C(=O)O)C1(C)C2CC3CC(C2)CC1C3. The van der Waals surface area contributed by atoms with Crippen molar-refractivity contribution < 1.29 is 14.6 Å². The molecule has 0 aromatic carbocycles. The highest BCUT2D eigenvalue weighted by molar-refractivity contribution is 5.73. The van der Waals surface area contributed by atoms with Gasteiger partial charge in [0.1, 0.15) is 0 Å². The molecule has 17 heavy (non-hydrogen) atoms. The van der Waals surface area contributed by atoms with Gasteiger partial charge in [-0.3, -0.25) is 0 Å². The lowest BCUT2D eigenvalue weighted by Gasteiger charge is -2.61. The Morgan fingerprint density at radius 3 is 2.00 bits per heavy atom. The zero-order valence-electron chi connectivity index (χ0n) is 10.7. The molecular formula is C14H22O3. The van der Waals surface area contributed by atoms with Gasteiger partial charge in [0, 0.05) is 12.5 Å². The average molecular weight is 238 g/mol. The van der Waals surface area contributed by atoms with Gasteiger partial charge in [-0.1, -0.05) is 6.92 Å². The first-order valence-electron chi connectivity index (χ1n) is 6.81. The van der Waals surface area contributed by atoms with Crippen LogP contribution in [0, 0.1) is 29.1 Å². The molecule has 4 rings (SSSR count). The zero-order valence-corrected chi connectivity index (χ0v) is 10.7. The van der Waals surface area contributed by atoms with E-state index >= 15 is 0 Å². The highest BCUT2D eigenvalue weighted by Crippen LogP contribution is 2.63. The van der Waals surface area contributed by atoms with Crippen molar-refractivity contribution in [2.24, 2.45) is 29.1 Å². The number of carboxylic acid groups (broad SMARTS) is 1. The highest BCUT2D eigenvalue weighted by atomic mass is 16.5. The molecule has 0 aromatic heterocycles. The normalized spacial score (nSPS) is 49.3. The van der Waals surface area contributed by atoms with Crippen molar-refractivity contribution in [2.75, 3.05) is 7.11 Å². The third-order valence-corrected chi connectivity index (χ3v) is 5.92. The fraction of sp³-hybridized carbons (Fsp3) is 0.929. The lowest BCUT2D eigenvalue weighted by Crippen LogP contribution is -2.58. The van der Waals surface area contributed by atoms with Gasteiger partial charge in [0.15, 0.2) is 6.10 Å². The quantitative estimate of drug-likeness (QED) is 0.822. The predicted octanol–water partition coefficient (Wildman–Crippen LogP) is 2.55. The van der Waals surface area contributed by atoms with E-state index in [2.05, 4.69) is 6.92 Å². The summed E-state index contributed by atoms with van der Waals surface area (Å²) in [6.07, 6.45) is 5.71. The molecule has 0 radical (unpaired) electrons. The molecule has 1 N–H and O–H groups in total. The summed E-state index contributed by atoms with van der Waals surface area (Å²) in [5.41, 5.74) is -0.131. The van der Waals surface area contributed by atoms with Gasteiger partial charge in [0.05, 0.1) is 0 Å². The number of ether oxygens (including phenoxy) is 1. The van der Waals surface area contributed by atoms with Gasteiger partial charge in [-0.05, 0) is 55.8 Å². The molecule has 3 nitrogen and oxygen atoms in total. The Labute approximate surface area is 103 Å². The Morgan fingerprint density at radius 2 is 1.65 bits per heavy atom. The first-order chi connectivity index (χ1) is 8.05. The van der Waals surface area contributed by atoms with Gasteiger partial charge >= 0.3 is 5.97 Å². The van der Waals surface area contributed by atoms with Crippen LogP contribution in [0.15, 0.2) is 0 Å². The lowest BCUT2D eigenvalue weighted by molar-refractivity contribution is -0.189. The minimum atomic E-state index is -0.775. The second kappa shape index (κ2) is 3.71. The van der Waals surface area contributed by atoms with E-state index in [-0.39, 0.29) is 5.41 Å². The van der Waals surface area contributed by atoms with Crippen LogP contribution in [0.2, 0.25) is 0 Å². The zero-order chi connectivity index (χ0) is 12.2. The second-order valence-electron chi connectivity index (χ2n) is 6.62. The first kappa shape index (κ1) is 11.5. The van der Waals surface area contributed by atoms with E-state index in [1.807, 2.05) is 0 Å². The van der Waals surface area contributed by atoms with E-state index in [0.29, 0.717) is 11.8 Å². The molecule has 4 aliphatic rings. The van der Waals surface area contributed by atoms with Crippen molar-refractivity contribution in [1.82, 2.24) is 0 Å². The van der Waals surface area contributed by atoms with Crippen LogP contribution in [0.25, 0.3) is 0 Å². The number of rotatable bonds is 3. The molecule has 0 spiro atoms. The van der Waals surface area contributed by atoms with Crippen molar-refractivity contribution in [3.8, 4) is 0 Å². The number of aliphatic carboxylic acids is 1. The number of hydrogen-bond acceptors (Lipinski definition) is 2. The van der Waals surface area contributed by atoms with Crippen LogP contribution in [0.1, 0.15) is 39.0 Å². The molecule has 0 saturated heterocycles. The Bertz CT molecular complexity index is 308. The monoisotopic (exact) mass is 238 g/mol. The van der Waals surface area contributed by atoms with Gasteiger partial charge < -0.3 is 9.84 Å². The van der Waals surface area contributed by atoms with Crippen LogP contribution in [0.4, 0.5) is 0 Å². The lowest BCUT2D eigenvalue weighted by atomic mass is 9.44. The Hall–Kier alpha value is -0.570. The van der Waals surface area contributed by atoms with Crippen molar-refractivity contribution in [3.63, 3.8) is 0 Å². The van der Waals surface area contributed by atoms with E-state index in [1.54, 1.807) is 7.11 Å². The van der Waals surface area contributed by atoms with Crippen molar-refractivity contribution in [2.45, 2.75) is 45.1 Å². The molecule has 4 aliphatic carbocycles. The summed E-state index contributed by atoms with van der Waals surface area (Å²) >= 11 is 0. The standard InChI is InChI=1S/C14H22O3/c1-14(12(17-2)13(15)16)10-4-8-3-9(6-10)7-11(14)5-8/h8-12H,3-7H2,1-2H3,(H,15,16). The molecular weight excluding hydrogens is 216 g/mol. The first-order valence-corrected chi connectivity index (χ1v) is 6.81. The molecule has 0 amide bonds. The second-order valence-corrected chi connectivity index (χ2v) is 6.62. The van der Waals surface area contributed by atoms with Crippen molar-refractivity contribution >= 4 is 5.97 Å². The van der Waals surface area contributed by atoms with Crippen molar-refractivity contribution in [1.29, 1.82) is 0 Å². The summed E-state index contributed by atoms with van der Waals surface area (Å²) in [5.74, 6) is 2.11. The summed E-state index contributed by atoms with van der Waals surface area (Å²) in [5, 5.41) is 9.40. The summed E-state index contributed by atoms with van der Waals surface area (Å²) in [7, 11) is 1.55. The van der Waals surface area contributed by atoms with Crippen LogP contribution >= 0.6 is 0 Å². The molecule has 96 valence electrons. The number of methoxy groups -OCH3 is 1. The number of carboxylic acids is 1. The number of hydrogen-bond donors (Lipinski definition) is 1. The third-order valence-electron chi connectivity index (χ3n) is 5.92. The summed E-state index contributed by atoms with van der Waals surface area (Å²) in [6.45, 7) is 2.17. The largest absolute Gasteiger partial charge is 0.479 e.